The van der Waals surface area contributed by atoms with Crippen LogP contribution in [0.3, 0.4) is 0 Å². The van der Waals surface area contributed by atoms with E-state index in [0.717, 1.165) is 31.4 Å². The molecule has 0 aromatic heterocycles. The Kier molecular flexibility index (Phi) is 5.40. The van der Waals surface area contributed by atoms with Gasteiger partial charge in [0, 0.05) is 17.1 Å². The van der Waals surface area contributed by atoms with Crippen molar-refractivity contribution >= 4 is 17.5 Å². The van der Waals surface area contributed by atoms with Crippen LogP contribution in [0.4, 0.5) is 0 Å². The number of amides is 1. The lowest BCUT2D eigenvalue weighted by atomic mass is 9.87. The molecule has 1 aliphatic carbocycles. The standard InChI is InChI=1S/C15H21ClN2O2/c16-14-7-11(15(17)20)4-5-12(14)9-18-8-10-2-1-3-13(19)6-10/h4-5,7,10,13,18-19H,1-3,6,8-9H2,(H2,17,20). The lowest BCUT2D eigenvalue weighted by Crippen LogP contribution is -2.29. The van der Waals surface area contributed by atoms with E-state index in [2.05, 4.69) is 5.32 Å². The average Bonchev–Trinajstić information content (AvgIpc) is 2.40. The molecular weight excluding hydrogens is 276 g/mol. The molecule has 1 saturated carbocycles. The molecule has 5 heteroatoms. The number of aliphatic hydroxyl groups is 1. The number of halogens is 1. The second-order valence-corrected chi connectivity index (χ2v) is 5.89. The van der Waals surface area contributed by atoms with E-state index in [1.165, 1.54) is 6.42 Å². The van der Waals surface area contributed by atoms with Gasteiger partial charge in [0.25, 0.3) is 0 Å². The zero-order valence-corrected chi connectivity index (χ0v) is 12.2. The van der Waals surface area contributed by atoms with Crippen LogP contribution in [0, 0.1) is 5.92 Å². The molecule has 20 heavy (non-hydrogen) atoms. The molecule has 1 fully saturated rings. The third-order valence-corrected chi connectivity index (χ3v) is 4.19. The minimum absolute atomic E-state index is 0.144. The second kappa shape index (κ2) is 7.07. The SMILES string of the molecule is NC(=O)c1ccc(CNCC2CCCC(O)C2)c(Cl)c1. The van der Waals surface area contributed by atoms with Crippen molar-refractivity contribution in [3.8, 4) is 0 Å². The van der Waals surface area contributed by atoms with Crippen molar-refractivity contribution in [1.82, 2.24) is 5.32 Å². The first kappa shape index (κ1) is 15.3. The van der Waals surface area contributed by atoms with Gasteiger partial charge < -0.3 is 16.2 Å². The van der Waals surface area contributed by atoms with Gasteiger partial charge in [0.05, 0.1) is 6.10 Å². The van der Waals surface area contributed by atoms with E-state index < -0.39 is 5.91 Å². The monoisotopic (exact) mass is 296 g/mol. The summed E-state index contributed by atoms with van der Waals surface area (Å²) in [7, 11) is 0. The molecule has 0 radical (unpaired) electrons. The zero-order valence-electron chi connectivity index (χ0n) is 11.4. The van der Waals surface area contributed by atoms with Crippen LogP contribution < -0.4 is 11.1 Å². The summed E-state index contributed by atoms with van der Waals surface area (Å²) in [6.45, 7) is 1.54. The summed E-state index contributed by atoms with van der Waals surface area (Å²) in [5.74, 6) is 0.0602. The van der Waals surface area contributed by atoms with Crippen molar-refractivity contribution in [3.63, 3.8) is 0 Å². The van der Waals surface area contributed by atoms with Gasteiger partial charge in [0.2, 0.25) is 5.91 Å². The van der Waals surface area contributed by atoms with Crippen LogP contribution in [0.5, 0.6) is 0 Å². The summed E-state index contributed by atoms with van der Waals surface area (Å²) in [6, 6.07) is 5.12. The Balaban J connectivity index is 1.83. The number of rotatable bonds is 5. The van der Waals surface area contributed by atoms with E-state index in [1.54, 1.807) is 12.1 Å². The van der Waals surface area contributed by atoms with Gasteiger partial charge in [-0.15, -0.1) is 0 Å². The normalized spacial score (nSPS) is 22.7. The topological polar surface area (TPSA) is 75.4 Å². The van der Waals surface area contributed by atoms with E-state index in [0.29, 0.717) is 23.0 Å². The van der Waals surface area contributed by atoms with Crippen LogP contribution in [0.1, 0.15) is 41.6 Å². The molecule has 1 amide bonds. The van der Waals surface area contributed by atoms with Gasteiger partial charge in [0.15, 0.2) is 0 Å². The molecule has 0 aliphatic heterocycles. The number of benzene rings is 1. The first-order valence-corrected chi connectivity index (χ1v) is 7.41. The van der Waals surface area contributed by atoms with Gasteiger partial charge in [-0.1, -0.05) is 24.1 Å². The maximum atomic E-state index is 11.0. The molecule has 4 N–H and O–H groups in total. The minimum Gasteiger partial charge on any atom is -0.393 e. The average molecular weight is 297 g/mol. The van der Waals surface area contributed by atoms with Crippen molar-refractivity contribution in [3.05, 3.63) is 34.3 Å². The Labute approximate surface area is 124 Å². The molecule has 1 aliphatic rings. The minimum atomic E-state index is -0.470. The Bertz CT molecular complexity index is 479. The van der Waals surface area contributed by atoms with Crippen molar-refractivity contribution < 1.29 is 9.90 Å². The fraction of sp³-hybridized carbons (Fsp3) is 0.533. The predicted molar refractivity (Wildman–Crippen MR) is 79.6 cm³/mol. The van der Waals surface area contributed by atoms with Crippen LogP contribution in [0.15, 0.2) is 18.2 Å². The van der Waals surface area contributed by atoms with E-state index in [4.69, 9.17) is 17.3 Å². The molecule has 2 rings (SSSR count). The van der Waals surface area contributed by atoms with Gasteiger partial charge in [-0.2, -0.15) is 0 Å². The van der Waals surface area contributed by atoms with Gasteiger partial charge in [0.1, 0.15) is 0 Å². The summed E-state index contributed by atoms with van der Waals surface area (Å²) in [5, 5.41) is 13.6. The number of nitrogens with one attached hydrogen (secondary N) is 1. The maximum Gasteiger partial charge on any atom is 0.248 e. The number of nitrogens with two attached hydrogens (primary N) is 1. The molecule has 0 bridgehead atoms. The highest BCUT2D eigenvalue weighted by molar-refractivity contribution is 6.31. The van der Waals surface area contributed by atoms with Crippen molar-refractivity contribution in [2.75, 3.05) is 6.54 Å². The quantitative estimate of drug-likeness (QED) is 0.779. The van der Waals surface area contributed by atoms with Crippen molar-refractivity contribution in [1.29, 1.82) is 0 Å². The molecule has 0 saturated heterocycles. The first-order valence-electron chi connectivity index (χ1n) is 7.03. The Morgan fingerprint density at radius 3 is 2.90 bits per heavy atom. The van der Waals surface area contributed by atoms with E-state index in [-0.39, 0.29) is 6.10 Å². The first-order chi connectivity index (χ1) is 9.56. The third-order valence-electron chi connectivity index (χ3n) is 3.84. The number of hydrogen-bond acceptors (Lipinski definition) is 3. The summed E-state index contributed by atoms with van der Waals surface area (Å²) in [5.41, 5.74) is 6.58. The molecule has 2 atom stereocenters. The fourth-order valence-corrected chi connectivity index (χ4v) is 2.95. The number of carbonyl (C=O) groups excluding carboxylic acids is 1. The highest BCUT2D eigenvalue weighted by Crippen LogP contribution is 2.24. The third kappa shape index (κ3) is 4.20. The number of primary amides is 1. The van der Waals surface area contributed by atoms with Crippen LogP contribution in [-0.2, 0) is 6.54 Å². The smallest absolute Gasteiger partial charge is 0.248 e. The maximum absolute atomic E-state index is 11.0. The van der Waals surface area contributed by atoms with E-state index in [1.807, 2.05) is 6.07 Å². The number of aliphatic hydroxyl groups excluding tert-OH is 1. The van der Waals surface area contributed by atoms with E-state index in [9.17, 15) is 9.90 Å². The Morgan fingerprint density at radius 2 is 2.25 bits per heavy atom. The molecule has 0 heterocycles. The van der Waals surface area contributed by atoms with Crippen LogP contribution >= 0.6 is 11.6 Å². The molecular formula is C15H21ClN2O2. The van der Waals surface area contributed by atoms with Crippen LogP contribution in [0.25, 0.3) is 0 Å². The largest absolute Gasteiger partial charge is 0.393 e. The van der Waals surface area contributed by atoms with Gasteiger partial charge in [-0.05, 0) is 49.4 Å². The number of hydrogen-bond donors (Lipinski definition) is 3. The number of carbonyl (C=O) groups is 1. The molecule has 0 spiro atoms. The lowest BCUT2D eigenvalue weighted by molar-refractivity contribution is 0.0998. The molecule has 1 aromatic rings. The summed E-state index contributed by atoms with van der Waals surface area (Å²) in [6.07, 6.45) is 3.92. The summed E-state index contributed by atoms with van der Waals surface area (Å²) in [4.78, 5) is 11.0. The second-order valence-electron chi connectivity index (χ2n) is 5.49. The highest BCUT2D eigenvalue weighted by Gasteiger charge is 2.19. The molecule has 2 unspecified atom stereocenters. The van der Waals surface area contributed by atoms with Gasteiger partial charge in [-0.25, -0.2) is 0 Å². The molecule has 1 aromatic carbocycles. The van der Waals surface area contributed by atoms with Gasteiger partial charge in [-0.3, -0.25) is 4.79 Å². The predicted octanol–water partition coefficient (Wildman–Crippen LogP) is 2.08. The molecule has 110 valence electrons. The Morgan fingerprint density at radius 1 is 1.45 bits per heavy atom. The summed E-state index contributed by atoms with van der Waals surface area (Å²) < 4.78 is 0. The van der Waals surface area contributed by atoms with Crippen LogP contribution in [0.2, 0.25) is 5.02 Å². The zero-order chi connectivity index (χ0) is 14.5. The van der Waals surface area contributed by atoms with Crippen LogP contribution in [-0.4, -0.2) is 23.7 Å². The van der Waals surface area contributed by atoms with Crippen molar-refractivity contribution in [2.24, 2.45) is 11.7 Å². The fourth-order valence-electron chi connectivity index (χ4n) is 2.70. The van der Waals surface area contributed by atoms with E-state index >= 15 is 0 Å². The lowest BCUT2D eigenvalue weighted by Gasteiger charge is -2.26. The van der Waals surface area contributed by atoms with Crippen molar-refractivity contribution in [2.45, 2.75) is 38.3 Å². The van der Waals surface area contributed by atoms with Gasteiger partial charge >= 0.3 is 0 Å². The Hall–Kier alpha value is -1.10. The summed E-state index contributed by atoms with van der Waals surface area (Å²) >= 11 is 6.13. The molecule has 4 nitrogen and oxygen atoms in total. The highest BCUT2D eigenvalue weighted by atomic mass is 35.5.